The van der Waals surface area contributed by atoms with Gasteiger partial charge in [-0.05, 0) is 61.7 Å². The van der Waals surface area contributed by atoms with Crippen molar-refractivity contribution in [3.63, 3.8) is 0 Å². The van der Waals surface area contributed by atoms with Gasteiger partial charge in [0.25, 0.3) is 0 Å². The van der Waals surface area contributed by atoms with Crippen LogP contribution in [0.2, 0.25) is 5.02 Å². The van der Waals surface area contributed by atoms with E-state index in [9.17, 15) is 22.4 Å². The number of halogens is 2. The van der Waals surface area contributed by atoms with Gasteiger partial charge in [0, 0.05) is 24.7 Å². The predicted molar refractivity (Wildman–Crippen MR) is 128 cm³/mol. The third kappa shape index (κ3) is 6.55. The lowest BCUT2D eigenvalue weighted by atomic mass is 10.1. The molecule has 1 aliphatic carbocycles. The molecular formula is C24H29ClFN3O4S. The van der Waals surface area contributed by atoms with Crippen LogP contribution >= 0.6 is 11.6 Å². The highest BCUT2D eigenvalue weighted by Crippen LogP contribution is 2.20. The summed E-state index contributed by atoms with van der Waals surface area (Å²) in [6.07, 6.45) is 3.88. The minimum absolute atomic E-state index is 0.00399. The molecule has 7 nitrogen and oxygen atoms in total. The predicted octanol–water partition coefficient (Wildman–Crippen LogP) is 3.58. The average Bonchev–Trinajstić information content (AvgIpc) is 3.31. The molecule has 184 valence electrons. The maximum Gasteiger partial charge on any atom is 0.243 e. The molecule has 0 heterocycles. The summed E-state index contributed by atoms with van der Waals surface area (Å²) in [5.74, 6) is -1.26. The van der Waals surface area contributed by atoms with E-state index in [1.54, 1.807) is 6.92 Å². The van der Waals surface area contributed by atoms with Crippen molar-refractivity contribution in [1.82, 2.24) is 14.5 Å². The molecule has 2 aromatic carbocycles. The zero-order valence-corrected chi connectivity index (χ0v) is 20.8. The fourth-order valence-corrected chi connectivity index (χ4v) is 5.16. The number of likely N-dealkylation sites (N-methyl/N-ethyl adjacent to an activating group) is 1. The van der Waals surface area contributed by atoms with E-state index < -0.39 is 34.3 Å². The SMILES string of the molecule is C[C@H](C(=O)NC1CCCC1)N(Cc1ccc(F)cc1)C(=O)CN(C)S(=O)(=O)c1ccc(Cl)cc1. The number of nitrogens with one attached hydrogen (secondary N) is 1. The van der Waals surface area contributed by atoms with Crippen LogP contribution < -0.4 is 5.32 Å². The Kier molecular flexibility index (Phi) is 8.67. The third-order valence-electron chi connectivity index (χ3n) is 6.01. The minimum atomic E-state index is -3.95. The van der Waals surface area contributed by atoms with Crippen LogP contribution in [0.5, 0.6) is 0 Å². The molecule has 0 aliphatic heterocycles. The molecule has 3 rings (SSSR count). The number of hydrogen-bond acceptors (Lipinski definition) is 4. The quantitative estimate of drug-likeness (QED) is 0.560. The van der Waals surface area contributed by atoms with Gasteiger partial charge in [-0.3, -0.25) is 9.59 Å². The van der Waals surface area contributed by atoms with Crippen LogP contribution in [-0.2, 0) is 26.2 Å². The molecule has 0 spiro atoms. The first-order valence-corrected chi connectivity index (χ1v) is 13.0. The number of carbonyl (C=O) groups is 2. The van der Waals surface area contributed by atoms with E-state index in [2.05, 4.69) is 5.32 Å². The molecule has 2 amide bonds. The van der Waals surface area contributed by atoms with Crippen LogP contribution in [-0.4, -0.2) is 55.1 Å². The maximum absolute atomic E-state index is 13.4. The van der Waals surface area contributed by atoms with Gasteiger partial charge in [-0.2, -0.15) is 4.31 Å². The highest BCUT2D eigenvalue weighted by atomic mass is 35.5. The van der Waals surface area contributed by atoms with Gasteiger partial charge in [-0.1, -0.05) is 36.6 Å². The summed E-state index contributed by atoms with van der Waals surface area (Å²) in [6, 6.07) is 10.5. The lowest BCUT2D eigenvalue weighted by Gasteiger charge is -2.31. The van der Waals surface area contributed by atoms with Crippen LogP contribution in [0, 0.1) is 5.82 Å². The molecule has 1 aliphatic rings. The Morgan fingerprint density at radius 3 is 2.26 bits per heavy atom. The molecule has 1 saturated carbocycles. The second kappa shape index (κ2) is 11.3. The Balaban J connectivity index is 1.78. The number of carbonyl (C=O) groups excluding carboxylic acids is 2. The van der Waals surface area contributed by atoms with E-state index in [0.717, 1.165) is 30.0 Å². The van der Waals surface area contributed by atoms with E-state index in [-0.39, 0.29) is 23.4 Å². The summed E-state index contributed by atoms with van der Waals surface area (Å²) in [5.41, 5.74) is 0.624. The Labute approximate surface area is 204 Å². The summed E-state index contributed by atoms with van der Waals surface area (Å²) < 4.78 is 40.1. The smallest absolute Gasteiger partial charge is 0.243 e. The van der Waals surface area contributed by atoms with E-state index in [1.807, 2.05) is 0 Å². The molecule has 1 fully saturated rings. The number of hydrogen-bond donors (Lipinski definition) is 1. The van der Waals surface area contributed by atoms with Gasteiger partial charge in [0.1, 0.15) is 11.9 Å². The van der Waals surface area contributed by atoms with Crippen molar-refractivity contribution < 1.29 is 22.4 Å². The van der Waals surface area contributed by atoms with Gasteiger partial charge in [0.05, 0.1) is 11.4 Å². The van der Waals surface area contributed by atoms with E-state index >= 15 is 0 Å². The second-order valence-electron chi connectivity index (χ2n) is 8.53. The van der Waals surface area contributed by atoms with Gasteiger partial charge in [-0.15, -0.1) is 0 Å². The zero-order valence-electron chi connectivity index (χ0n) is 19.2. The Morgan fingerprint density at radius 2 is 1.68 bits per heavy atom. The minimum Gasteiger partial charge on any atom is -0.352 e. The van der Waals surface area contributed by atoms with Crippen LogP contribution in [0.15, 0.2) is 53.4 Å². The van der Waals surface area contributed by atoms with Crippen LogP contribution in [0.3, 0.4) is 0 Å². The fraction of sp³-hybridized carbons (Fsp3) is 0.417. The molecule has 0 unspecified atom stereocenters. The first kappa shape index (κ1) is 26.1. The summed E-state index contributed by atoms with van der Waals surface area (Å²) in [5, 5.41) is 3.38. The first-order valence-electron chi connectivity index (χ1n) is 11.1. The molecule has 2 aromatic rings. The topological polar surface area (TPSA) is 86.8 Å². The van der Waals surface area contributed by atoms with Crippen LogP contribution in [0.1, 0.15) is 38.2 Å². The van der Waals surface area contributed by atoms with Crippen molar-refractivity contribution in [3.8, 4) is 0 Å². The van der Waals surface area contributed by atoms with Crippen molar-refractivity contribution in [3.05, 3.63) is 64.9 Å². The van der Waals surface area contributed by atoms with Gasteiger partial charge >= 0.3 is 0 Å². The monoisotopic (exact) mass is 509 g/mol. The molecule has 1 atom stereocenters. The Morgan fingerprint density at radius 1 is 1.09 bits per heavy atom. The average molecular weight is 510 g/mol. The van der Waals surface area contributed by atoms with Crippen LogP contribution in [0.25, 0.3) is 0 Å². The molecule has 0 aromatic heterocycles. The summed E-state index contributed by atoms with van der Waals surface area (Å²) in [7, 11) is -2.64. The molecule has 1 N–H and O–H groups in total. The van der Waals surface area contributed by atoms with Crippen molar-refractivity contribution in [1.29, 1.82) is 0 Å². The standard InChI is InChI=1S/C24H29ClFN3O4S/c1-17(24(31)27-21-5-3-4-6-21)29(15-18-7-11-20(26)12-8-18)23(30)16-28(2)34(32,33)22-13-9-19(25)10-14-22/h7-14,17,21H,3-6,15-16H2,1-2H3,(H,27,31)/t17-/m1/s1. The highest BCUT2D eigenvalue weighted by molar-refractivity contribution is 7.89. The molecule has 0 radical (unpaired) electrons. The summed E-state index contributed by atoms with van der Waals surface area (Å²) in [4.78, 5) is 27.5. The van der Waals surface area contributed by atoms with Gasteiger partial charge in [-0.25, -0.2) is 12.8 Å². The van der Waals surface area contributed by atoms with Gasteiger partial charge < -0.3 is 10.2 Å². The van der Waals surface area contributed by atoms with Crippen molar-refractivity contribution >= 4 is 33.4 Å². The number of benzene rings is 2. The number of nitrogens with zero attached hydrogens (tertiary/aromatic N) is 2. The van der Waals surface area contributed by atoms with Crippen LogP contribution in [0.4, 0.5) is 4.39 Å². The van der Waals surface area contributed by atoms with Crippen molar-refractivity contribution in [2.45, 2.75) is 56.1 Å². The zero-order chi connectivity index (χ0) is 24.9. The second-order valence-corrected chi connectivity index (χ2v) is 11.0. The molecule has 34 heavy (non-hydrogen) atoms. The maximum atomic E-state index is 13.4. The molecular weight excluding hydrogens is 481 g/mol. The first-order chi connectivity index (χ1) is 16.1. The lowest BCUT2D eigenvalue weighted by molar-refractivity contribution is -0.140. The van der Waals surface area contributed by atoms with Gasteiger partial charge in [0.2, 0.25) is 21.8 Å². The number of sulfonamides is 1. The number of amides is 2. The molecule has 0 bridgehead atoms. The van der Waals surface area contributed by atoms with Crippen molar-refractivity contribution in [2.75, 3.05) is 13.6 Å². The Hall–Kier alpha value is -2.49. The Bertz CT molecular complexity index is 1100. The lowest BCUT2D eigenvalue weighted by Crippen LogP contribution is -2.52. The molecule has 10 heteroatoms. The van der Waals surface area contributed by atoms with E-state index in [4.69, 9.17) is 11.6 Å². The third-order valence-corrected chi connectivity index (χ3v) is 8.08. The van der Waals surface area contributed by atoms with Gasteiger partial charge in [0.15, 0.2) is 0 Å². The largest absolute Gasteiger partial charge is 0.352 e. The summed E-state index contributed by atoms with van der Waals surface area (Å²) >= 11 is 5.85. The highest BCUT2D eigenvalue weighted by Gasteiger charge is 2.31. The van der Waals surface area contributed by atoms with E-state index in [1.165, 1.54) is 60.5 Å². The van der Waals surface area contributed by atoms with Crippen molar-refractivity contribution in [2.24, 2.45) is 0 Å². The summed E-state index contributed by atoms with van der Waals surface area (Å²) in [6.45, 7) is 1.18. The fourth-order valence-electron chi connectivity index (χ4n) is 3.91. The molecule has 0 saturated heterocycles. The normalized spacial score (nSPS) is 15.3. The number of rotatable bonds is 9. The van der Waals surface area contributed by atoms with E-state index in [0.29, 0.717) is 10.6 Å².